The van der Waals surface area contributed by atoms with Crippen molar-refractivity contribution in [2.75, 3.05) is 39.9 Å². The van der Waals surface area contributed by atoms with Gasteiger partial charge >= 0.3 is 0 Å². The lowest BCUT2D eigenvalue weighted by atomic mass is 9.95. The van der Waals surface area contributed by atoms with Crippen LogP contribution in [0, 0.1) is 0 Å². The molecule has 0 saturated carbocycles. The standard InChI is InChI=1S/C24H30N2O5S/c1-5-25(6-2)12-13-26-21(16-10-11-17(31-7-3)18(15-16)30-4)20(23(28)24(26)29)22(27)19-9-8-14-32-19/h8-11,14-15,21,28H,5-7,12-13H2,1-4H3/t21-/m0/s1. The zero-order valence-electron chi connectivity index (χ0n) is 19.0. The van der Waals surface area contributed by atoms with Crippen LogP contribution >= 0.6 is 11.3 Å². The van der Waals surface area contributed by atoms with Gasteiger partial charge in [-0.15, -0.1) is 11.3 Å². The summed E-state index contributed by atoms with van der Waals surface area (Å²) in [7, 11) is 1.55. The molecule has 0 fully saturated rings. The number of benzene rings is 1. The first-order valence-corrected chi connectivity index (χ1v) is 11.7. The monoisotopic (exact) mass is 458 g/mol. The molecule has 0 radical (unpaired) electrons. The lowest BCUT2D eigenvalue weighted by Crippen LogP contribution is -2.38. The molecule has 172 valence electrons. The molecule has 1 amide bonds. The number of ketones is 1. The lowest BCUT2D eigenvalue weighted by Gasteiger charge is -2.29. The van der Waals surface area contributed by atoms with Gasteiger partial charge in [0.15, 0.2) is 17.3 Å². The maximum atomic E-state index is 13.3. The van der Waals surface area contributed by atoms with Gasteiger partial charge in [-0.25, -0.2) is 0 Å². The van der Waals surface area contributed by atoms with Gasteiger partial charge in [0.1, 0.15) is 0 Å². The summed E-state index contributed by atoms with van der Waals surface area (Å²) < 4.78 is 11.1. The quantitative estimate of drug-likeness (QED) is 0.511. The smallest absolute Gasteiger partial charge is 0.290 e. The molecular weight excluding hydrogens is 428 g/mol. The highest BCUT2D eigenvalue weighted by Gasteiger charge is 2.44. The Kier molecular flexibility index (Phi) is 7.93. The number of thiophene rings is 1. The minimum Gasteiger partial charge on any atom is -0.503 e. The van der Waals surface area contributed by atoms with E-state index in [0.717, 1.165) is 13.1 Å². The zero-order chi connectivity index (χ0) is 23.3. The summed E-state index contributed by atoms with van der Waals surface area (Å²) in [5, 5.41) is 12.6. The second-order valence-electron chi connectivity index (χ2n) is 7.34. The Bertz CT molecular complexity index is 982. The van der Waals surface area contributed by atoms with E-state index in [1.54, 1.807) is 41.7 Å². The third-order valence-electron chi connectivity index (χ3n) is 5.65. The number of Topliss-reactive ketones (excluding diaryl/α,β-unsaturated/α-hetero) is 1. The number of likely N-dealkylation sites (N-methyl/N-ethyl adjacent to an activating group) is 1. The number of carbonyl (C=O) groups excluding carboxylic acids is 2. The molecule has 1 aromatic heterocycles. The molecule has 1 aliphatic rings. The highest BCUT2D eigenvalue weighted by molar-refractivity contribution is 7.12. The van der Waals surface area contributed by atoms with E-state index in [-0.39, 0.29) is 11.4 Å². The van der Waals surface area contributed by atoms with E-state index < -0.39 is 17.7 Å². The largest absolute Gasteiger partial charge is 0.503 e. The van der Waals surface area contributed by atoms with Crippen LogP contribution in [0.5, 0.6) is 11.5 Å². The first kappa shape index (κ1) is 23.8. The van der Waals surface area contributed by atoms with Gasteiger partial charge in [-0.3, -0.25) is 9.59 Å². The number of aliphatic hydroxyl groups is 1. The van der Waals surface area contributed by atoms with Crippen molar-refractivity contribution in [2.45, 2.75) is 26.8 Å². The van der Waals surface area contributed by atoms with Crippen molar-refractivity contribution in [3.05, 3.63) is 57.5 Å². The number of methoxy groups -OCH3 is 1. The van der Waals surface area contributed by atoms with Crippen molar-refractivity contribution in [3.8, 4) is 11.5 Å². The second-order valence-corrected chi connectivity index (χ2v) is 8.29. The third-order valence-corrected chi connectivity index (χ3v) is 6.52. The summed E-state index contributed by atoms with van der Waals surface area (Å²) in [6.45, 7) is 9.20. The number of nitrogens with zero attached hydrogens (tertiary/aromatic N) is 2. The number of amides is 1. The average molecular weight is 459 g/mol. The minimum atomic E-state index is -0.711. The molecule has 3 rings (SSSR count). The van der Waals surface area contributed by atoms with E-state index in [2.05, 4.69) is 18.7 Å². The van der Waals surface area contributed by atoms with Crippen molar-refractivity contribution in [3.63, 3.8) is 0 Å². The molecular formula is C24H30N2O5S. The highest BCUT2D eigenvalue weighted by Crippen LogP contribution is 2.42. The Morgan fingerprint density at radius 3 is 2.53 bits per heavy atom. The van der Waals surface area contributed by atoms with Gasteiger partial charge in [0.05, 0.1) is 30.2 Å². The zero-order valence-corrected chi connectivity index (χ0v) is 19.8. The number of carbonyl (C=O) groups is 2. The molecule has 0 bridgehead atoms. The van der Waals surface area contributed by atoms with Gasteiger partial charge in [-0.2, -0.15) is 0 Å². The Hall–Kier alpha value is -2.84. The Labute approximate surface area is 192 Å². The van der Waals surface area contributed by atoms with E-state index in [0.29, 0.717) is 41.6 Å². The molecule has 0 saturated heterocycles. The maximum absolute atomic E-state index is 13.3. The van der Waals surface area contributed by atoms with Crippen LogP contribution in [0.2, 0.25) is 0 Å². The van der Waals surface area contributed by atoms with Crippen molar-refractivity contribution in [1.82, 2.24) is 9.80 Å². The van der Waals surface area contributed by atoms with Crippen molar-refractivity contribution in [1.29, 1.82) is 0 Å². The van der Waals surface area contributed by atoms with Gasteiger partial charge in [0.25, 0.3) is 5.91 Å². The molecule has 0 spiro atoms. The average Bonchev–Trinajstić information content (AvgIpc) is 3.43. The SMILES string of the molecule is CCOc1ccc([C@H]2C(C(=O)c3cccs3)=C(O)C(=O)N2CCN(CC)CC)cc1OC. The van der Waals surface area contributed by atoms with Crippen LogP contribution in [0.25, 0.3) is 0 Å². The topological polar surface area (TPSA) is 79.3 Å². The van der Waals surface area contributed by atoms with E-state index in [9.17, 15) is 14.7 Å². The summed E-state index contributed by atoms with van der Waals surface area (Å²) in [6, 6.07) is 8.13. The summed E-state index contributed by atoms with van der Waals surface area (Å²) in [4.78, 5) is 30.6. The molecule has 8 heteroatoms. The minimum absolute atomic E-state index is 0.100. The van der Waals surface area contributed by atoms with Gasteiger partial charge < -0.3 is 24.4 Å². The van der Waals surface area contributed by atoms with Gasteiger partial charge in [0, 0.05) is 13.1 Å². The molecule has 2 aromatic rings. The van der Waals surface area contributed by atoms with Crippen LogP contribution in [-0.2, 0) is 4.79 Å². The lowest BCUT2D eigenvalue weighted by molar-refractivity contribution is -0.129. The van der Waals surface area contributed by atoms with E-state index in [1.807, 2.05) is 13.0 Å². The summed E-state index contributed by atoms with van der Waals surface area (Å²) in [5.41, 5.74) is 0.783. The van der Waals surface area contributed by atoms with Gasteiger partial charge in [-0.1, -0.05) is 26.0 Å². The summed E-state index contributed by atoms with van der Waals surface area (Å²) >= 11 is 1.28. The van der Waals surface area contributed by atoms with E-state index in [4.69, 9.17) is 9.47 Å². The normalized spacial score (nSPS) is 16.2. The second kappa shape index (κ2) is 10.7. The number of hydrogen-bond donors (Lipinski definition) is 1. The van der Waals surface area contributed by atoms with Crippen molar-refractivity contribution < 1.29 is 24.2 Å². The van der Waals surface area contributed by atoms with Crippen LogP contribution in [0.3, 0.4) is 0 Å². The predicted molar refractivity (Wildman–Crippen MR) is 125 cm³/mol. The van der Waals surface area contributed by atoms with Crippen molar-refractivity contribution in [2.24, 2.45) is 0 Å². The van der Waals surface area contributed by atoms with E-state index >= 15 is 0 Å². The van der Waals surface area contributed by atoms with Crippen LogP contribution in [0.1, 0.15) is 42.0 Å². The van der Waals surface area contributed by atoms with Crippen LogP contribution in [0.15, 0.2) is 47.0 Å². The van der Waals surface area contributed by atoms with Crippen molar-refractivity contribution >= 4 is 23.0 Å². The summed E-state index contributed by atoms with van der Waals surface area (Å²) in [5.74, 6) is -0.267. The fraction of sp³-hybridized carbons (Fsp3) is 0.417. The van der Waals surface area contributed by atoms with Crippen LogP contribution in [-0.4, -0.2) is 66.5 Å². The first-order valence-electron chi connectivity index (χ1n) is 10.8. The predicted octanol–water partition coefficient (Wildman–Crippen LogP) is 4.08. The molecule has 1 aliphatic heterocycles. The van der Waals surface area contributed by atoms with E-state index in [1.165, 1.54) is 11.3 Å². The first-order chi connectivity index (χ1) is 15.5. The van der Waals surface area contributed by atoms with Crippen LogP contribution < -0.4 is 9.47 Å². The number of rotatable bonds is 11. The molecule has 0 unspecified atom stereocenters. The van der Waals surface area contributed by atoms with Crippen LogP contribution in [0.4, 0.5) is 0 Å². The Morgan fingerprint density at radius 1 is 1.19 bits per heavy atom. The number of aliphatic hydroxyl groups excluding tert-OH is 1. The third kappa shape index (κ3) is 4.66. The Balaban J connectivity index is 2.05. The van der Waals surface area contributed by atoms with Gasteiger partial charge in [-0.05, 0) is 49.2 Å². The Morgan fingerprint density at radius 2 is 1.94 bits per heavy atom. The maximum Gasteiger partial charge on any atom is 0.290 e. The molecule has 1 aromatic carbocycles. The molecule has 2 heterocycles. The molecule has 1 atom stereocenters. The number of ether oxygens (including phenoxy) is 2. The molecule has 0 aliphatic carbocycles. The fourth-order valence-electron chi connectivity index (χ4n) is 3.92. The summed E-state index contributed by atoms with van der Waals surface area (Å²) in [6.07, 6.45) is 0. The number of hydrogen-bond acceptors (Lipinski definition) is 7. The highest BCUT2D eigenvalue weighted by atomic mass is 32.1. The van der Waals surface area contributed by atoms with Gasteiger partial charge in [0.2, 0.25) is 5.78 Å². The molecule has 7 nitrogen and oxygen atoms in total. The fourth-order valence-corrected chi connectivity index (χ4v) is 4.60. The molecule has 32 heavy (non-hydrogen) atoms. The molecule has 1 N–H and O–H groups in total.